The van der Waals surface area contributed by atoms with Crippen LogP contribution in [0.2, 0.25) is 0 Å². The van der Waals surface area contributed by atoms with Gasteiger partial charge in [-0.2, -0.15) is 4.37 Å². The minimum atomic E-state index is -0.318. The molecule has 0 saturated heterocycles. The summed E-state index contributed by atoms with van der Waals surface area (Å²) in [6.07, 6.45) is 2.44. The normalized spacial score (nSPS) is 12.6. The standard InChI is InChI=1S/C10H15BrN2O2S/c1-6(2)4-8(10(14)15-3)13-9-7(11)5-12-16-9/h5-6,8,13H,4H2,1-3H3. The van der Waals surface area contributed by atoms with Crippen LogP contribution in [0.25, 0.3) is 0 Å². The summed E-state index contributed by atoms with van der Waals surface area (Å²) in [4.78, 5) is 11.6. The average Bonchev–Trinajstić information content (AvgIpc) is 2.61. The molecule has 6 heteroatoms. The van der Waals surface area contributed by atoms with Gasteiger partial charge in [0, 0.05) is 0 Å². The molecule has 90 valence electrons. The van der Waals surface area contributed by atoms with E-state index in [4.69, 9.17) is 4.74 Å². The predicted molar refractivity (Wildman–Crippen MR) is 68.7 cm³/mol. The first-order valence-electron chi connectivity index (χ1n) is 4.99. The molecule has 0 spiro atoms. The monoisotopic (exact) mass is 306 g/mol. The van der Waals surface area contributed by atoms with E-state index in [9.17, 15) is 4.79 Å². The largest absolute Gasteiger partial charge is 0.467 e. The van der Waals surface area contributed by atoms with Crippen molar-refractivity contribution in [3.63, 3.8) is 0 Å². The van der Waals surface area contributed by atoms with E-state index in [1.807, 2.05) is 0 Å². The highest BCUT2D eigenvalue weighted by molar-refractivity contribution is 9.10. The van der Waals surface area contributed by atoms with E-state index in [-0.39, 0.29) is 12.0 Å². The summed E-state index contributed by atoms with van der Waals surface area (Å²) in [7, 11) is 1.40. The van der Waals surface area contributed by atoms with Crippen LogP contribution in [-0.4, -0.2) is 23.5 Å². The Morgan fingerprint density at radius 1 is 1.69 bits per heavy atom. The number of methoxy groups -OCH3 is 1. The van der Waals surface area contributed by atoms with Crippen LogP contribution >= 0.6 is 27.5 Å². The third-order valence-electron chi connectivity index (χ3n) is 2.03. The Balaban J connectivity index is 2.70. The number of ether oxygens (including phenoxy) is 1. The van der Waals surface area contributed by atoms with Crippen molar-refractivity contribution in [1.82, 2.24) is 4.37 Å². The zero-order valence-corrected chi connectivity index (χ0v) is 11.9. The third kappa shape index (κ3) is 3.75. The molecule has 0 aromatic carbocycles. The topological polar surface area (TPSA) is 51.2 Å². The Morgan fingerprint density at radius 2 is 2.38 bits per heavy atom. The van der Waals surface area contributed by atoms with E-state index < -0.39 is 0 Å². The van der Waals surface area contributed by atoms with Gasteiger partial charge in [0.05, 0.1) is 17.8 Å². The molecule has 1 N–H and O–H groups in total. The molecule has 1 aromatic rings. The first kappa shape index (κ1) is 13.4. The Morgan fingerprint density at radius 3 is 2.81 bits per heavy atom. The van der Waals surface area contributed by atoms with Gasteiger partial charge in [0.15, 0.2) is 0 Å². The molecule has 0 fully saturated rings. The zero-order chi connectivity index (χ0) is 12.1. The molecule has 1 unspecified atom stereocenters. The van der Waals surface area contributed by atoms with Crippen molar-refractivity contribution >= 4 is 38.4 Å². The fourth-order valence-electron chi connectivity index (χ4n) is 1.31. The molecule has 1 rings (SSSR count). The number of carbonyl (C=O) groups excluding carboxylic acids is 1. The lowest BCUT2D eigenvalue weighted by atomic mass is 10.0. The van der Waals surface area contributed by atoms with Gasteiger partial charge in [-0.1, -0.05) is 13.8 Å². The highest BCUT2D eigenvalue weighted by Crippen LogP contribution is 2.27. The number of nitrogens with zero attached hydrogens (tertiary/aromatic N) is 1. The Hall–Kier alpha value is -0.620. The quantitative estimate of drug-likeness (QED) is 0.850. The maximum Gasteiger partial charge on any atom is 0.328 e. The third-order valence-corrected chi connectivity index (χ3v) is 3.62. The van der Waals surface area contributed by atoms with Crippen molar-refractivity contribution in [2.45, 2.75) is 26.3 Å². The second-order valence-corrected chi connectivity index (χ2v) is 5.51. The second kappa shape index (κ2) is 6.20. The number of carbonyl (C=O) groups is 1. The van der Waals surface area contributed by atoms with Gasteiger partial charge in [-0.25, -0.2) is 4.79 Å². The number of aromatic nitrogens is 1. The maximum absolute atomic E-state index is 11.6. The van der Waals surface area contributed by atoms with Crippen molar-refractivity contribution in [2.75, 3.05) is 12.4 Å². The van der Waals surface area contributed by atoms with E-state index in [2.05, 4.69) is 39.5 Å². The number of halogens is 1. The van der Waals surface area contributed by atoms with Gasteiger partial charge >= 0.3 is 5.97 Å². The van der Waals surface area contributed by atoms with Gasteiger partial charge in [0.1, 0.15) is 11.0 Å². The van der Waals surface area contributed by atoms with E-state index >= 15 is 0 Å². The van der Waals surface area contributed by atoms with Crippen molar-refractivity contribution in [3.05, 3.63) is 10.7 Å². The van der Waals surface area contributed by atoms with E-state index in [1.54, 1.807) is 6.20 Å². The molecule has 16 heavy (non-hydrogen) atoms. The minimum Gasteiger partial charge on any atom is -0.467 e. The van der Waals surface area contributed by atoms with Gasteiger partial charge in [-0.05, 0) is 39.8 Å². The number of anilines is 1. The van der Waals surface area contributed by atoms with Crippen molar-refractivity contribution in [2.24, 2.45) is 5.92 Å². The van der Waals surface area contributed by atoms with Crippen LogP contribution in [0.3, 0.4) is 0 Å². The van der Waals surface area contributed by atoms with Crippen LogP contribution in [0.1, 0.15) is 20.3 Å². The molecule has 0 aliphatic carbocycles. The van der Waals surface area contributed by atoms with E-state index in [1.165, 1.54) is 18.6 Å². The summed E-state index contributed by atoms with van der Waals surface area (Å²) in [5, 5.41) is 4.00. The first-order chi connectivity index (χ1) is 7.54. The number of hydrogen-bond acceptors (Lipinski definition) is 5. The predicted octanol–water partition coefficient (Wildman–Crippen LogP) is 2.91. The van der Waals surface area contributed by atoms with E-state index in [0.717, 1.165) is 15.9 Å². The fraction of sp³-hybridized carbons (Fsp3) is 0.600. The van der Waals surface area contributed by atoms with Crippen molar-refractivity contribution in [1.29, 1.82) is 0 Å². The fourth-order valence-corrected chi connectivity index (χ4v) is 2.48. The smallest absolute Gasteiger partial charge is 0.328 e. The number of rotatable bonds is 5. The molecule has 4 nitrogen and oxygen atoms in total. The van der Waals surface area contributed by atoms with Gasteiger partial charge in [-0.3, -0.25) is 0 Å². The summed E-state index contributed by atoms with van der Waals surface area (Å²) < 4.78 is 9.66. The molecule has 0 amide bonds. The Labute approximate surface area is 108 Å². The SMILES string of the molecule is COC(=O)C(CC(C)C)Nc1sncc1Br. The lowest BCUT2D eigenvalue weighted by Gasteiger charge is -2.18. The van der Waals surface area contributed by atoms with Crippen LogP contribution in [0.15, 0.2) is 10.7 Å². The Kier molecular flexibility index (Phi) is 5.21. The summed E-state index contributed by atoms with van der Waals surface area (Å²) in [6.45, 7) is 4.14. The molecular weight excluding hydrogens is 292 g/mol. The molecule has 1 atom stereocenters. The highest BCUT2D eigenvalue weighted by Gasteiger charge is 2.21. The Bertz CT molecular complexity index is 354. The molecule has 0 aliphatic rings. The van der Waals surface area contributed by atoms with Crippen LogP contribution in [0, 0.1) is 5.92 Å². The summed E-state index contributed by atoms with van der Waals surface area (Å²) >= 11 is 4.68. The van der Waals surface area contributed by atoms with Gasteiger partial charge in [-0.15, -0.1) is 0 Å². The van der Waals surface area contributed by atoms with Crippen molar-refractivity contribution < 1.29 is 9.53 Å². The van der Waals surface area contributed by atoms with Crippen LogP contribution in [0.4, 0.5) is 5.00 Å². The summed E-state index contributed by atoms with van der Waals surface area (Å²) in [5.41, 5.74) is 0. The molecular formula is C10H15BrN2O2S. The molecule has 0 saturated carbocycles. The molecule has 0 aliphatic heterocycles. The zero-order valence-electron chi connectivity index (χ0n) is 9.49. The van der Waals surface area contributed by atoms with Crippen LogP contribution in [-0.2, 0) is 9.53 Å². The minimum absolute atomic E-state index is 0.242. The van der Waals surface area contributed by atoms with Crippen LogP contribution in [0.5, 0.6) is 0 Å². The maximum atomic E-state index is 11.6. The first-order valence-corrected chi connectivity index (χ1v) is 6.55. The lowest BCUT2D eigenvalue weighted by molar-refractivity contribution is -0.141. The van der Waals surface area contributed by atoms with Crippen molar-refractivity contribution in [3.8, 4) is 0 Å². The highest BCUT2D eigenvalue weighted by atomic mass is 79.9. The molecule has 0 radical (unpaired) electrons. The number of hydrogen-bond donors (Lipinski definition) is 1. The number of esters is 1. The van der Waals surface area contributed by atoms with Gasteiger partial charge in [0.2, 0.25) is 0 Å². The average molecular weight is 307 g/mol. The summed E-state index contributed by atoms with van der Waals surface area (Å²) in [6, 6.07) is -0.318. The van der Waals surface area contributed by atoms with Gasteiger partial charge in [0.25, 0.3) is 0 Å². The molecule has 1 aromatic heterocycles. The molecule has 1 heterocycles. The summed E-state index contributed by atoms with van der Waals surface area (Å²) in [5.74, 6) is 0.178. The van der Waals surface area contributed by atoms with Gasteiger partial charge < -0.3 is 10.1 Å². The number of nitrogens with one attached hydrogen (secondary N) is 1. The van der Waals surface area contributed by atoms with E-state index in [0.29, 0.717) is 5.92 Å². The van der Waals surface area contributed by atoms with Crippen LogP contribution < -0.4 is 5.32 Å². The second-order valence-electron chi connectivity index (χ2n) is 3.85. The molecule has 0 bridgehead atoms. The lowest BCUT2D eigenvalue weighted by Crippen LogP contribution is -2.31.